The van der Waals surface area contributed by atoms with Gasteiger partial charge >= 0.3 is 0 Å². The van der Waals surface area contributed by atoms with Crippen LogP contribution in [0.4, 0.5) is 5.69 Å². The summed E-state index contributed by atoms with van der Waals surface area (Å²) >= 11 is 0. The van der Waals surface area contributed by atoms with Gasteiger partial charge in [-0.25, -0.2) is 4.98 Å². The second kappa shape index (κ2) is 4.41. The number of benzene rings is 2. The van der Waals surface area contributed by atoms with Crippen LogP contribution in [0.5, 0.6) is 11.5 Å². The van der Waals surface area contributed by atoms with Crippen molar-refractivity contribution in [3.8, 4) is 22.9 Å². The van der Waals surface area contributed by atoms with Crippen molar-refractivity contribution in [1.29, 1.82) is 0 Å². The lowest BCUT2D eigenvalue weighted by Crippen LogP contribution is -2.15. The number of anilines is 1. The van der Waals surface area contributed by atoms with Crippen molar-refractivity contribution >= 4 is 16.7 Å². The van der Waals surface area contributed by atoms with Gasteiger partial charge in [0.05, 0.1) is 11.0 Å². The molecular weight excluding hydrogens is 266 g/mol. The normalized spacial score (nSPS) is 13.6. The van der Waals surface area contributed by atoms with E-state index in [4.69, 9.17) is 20.2 Å². The fourth-order valence-electron chi connectivity index (χ4n) is 2.62. The first-order chi connectivity index (χ1) is 10.2. The molecule has 5 nitrogen and oxygen atoms in total. The summed E-state index contributed by atoms with van der Waals surface area (Å²) in [6.45, 7) is 1.16. The number of nitrogens with two attached hydrogens (primary N) is 1. The van der Waals surface area contributed by atoms with E-state index in [0.717, 1.165) is 39.6 Å². The maximum Gasteiger partial charge on any atom is 0.163 e. The Balaban J connectivity index is 1.91. The van der Waals surface area contributed by atoms with Gasteiger partial charge in [-0.15, -0.1) is 0 Å². The minimum absolute atomic E-state index is 0.580. The lowest BCUT2D eigenvalue weighted by Gasteiger charge is -2.18. The van der Waals surface area contributed by atoms with Gasteiger partial charge in [-0.1, -0.05) is 0 Å². The Kier molecular flexibility index (Phi) is 2.54. The van der Waals surface area contributed by atoms with E-state index < -0.39 is 0 Å². The van der Waals surface area contributed by atoms with E-state index in [9.17, 15) is 0 Å². The molecule has 0 amide bonds. The molecule has 0 atom stereocenters. The molecule has 0 spiro atoms. The predicted octanol–water partition coefficient (Wildman–Crippen LogP) is 2.59. The van der Waals surface area contributed by atoms with Crippen LogP contribution in [0.3, 0.4) is 0 Å². The largest absolute Gasteiger partial charge is 0.486 e. The minimum Gasteiger partial charge on any atom is -0.486 e. The van der Waals surface area contributed by atoms with Crippen LogP contribution in [0.2, 0.25) is 0 Å². The molecular formula is C16H15N3O2. The smallest absolute Gasteiger partial charge is 0.163 e. The van der Waals surface area contributed by atoms with E-state index in [2.05, 4.69) is 4.57 Å². The standard InChI is InChI=1S/C16H15N3O2/c1-19-13-9-15-14(20-6-7-21-15)8-12(13)18-16(19)10-2-4-11(17)5-3-10/h2-5,8-9H,6-7,17H2,1H3. The first kappa shape index (κ1) is 12.1. The monoisotopic (exact) mass is 281 g/mol. The van der Waals surface area contributed by atoms with Gasteiger partial charge in [0, 0.05) is 30.4 Å². The number of hydrogen-bond acceptors (Lipinski definition) is 4. The van der Waals surface area contributed by atoms with Gasteiger partial charge in [-0.2, -0.15) is 0 Å². The molecule has 0 unspecified atom stereocenters. The van der Waals surface area contributed by atoms with Crippen molar-refractivity contribution in [2.45, 2.75) is 0 Å². The lowest BCUT2D eigenvalue weighted by atomic mass is 10.2. The average molecular weight is 281 g/mol. The highest BCUT2D eigenvalue weighted by Gasteiger charge is 2.17. The van der Waals surface area contributed by atoms with Crippen molar-refractivity contribution in [3.63, 3.8) is 0 Å². The van der Waals surface area contributed by atoms with Crippen LogP contribution >= 0.6 is 0 Å². The molecule has 21 heavy (non-hydrogen) atoms. The summed E-state index contributed by atoms with van der Waals surface area (Å²) in [5.74, 6) is 2.43. The van der Waals surface area contributed by atoms with Gasteiger partial charge in [0.25, 0.3) is 0 Å². The second-order valence-corrected chi connectivity index (χ2v) is 5.10. The van der Waals surface area contributed by atoms with Crippen LogP contribution in [-0.4, -0.2) is 22.8 Å². The number of nitrogens with zero attached hydrogens (tertiary/aromatic N) is 2. The molecule has 5 heteroatoms. The van der Waals surface area contributed by atoms with Gasteiger partial charge < -0.3 is 19.8 Å². The quantitative estimate of drug-likeness (QED) is 0.696. The fourth-order valence-corrected chi connectivity index (χ4v) is 2.62. The molecule has 0 radical (unpaired) electrons. The van der Waals surface area contributed by atoms with Crippen LogP contribution in [0.25, 0.3) is 22.4 Å². The topological polar surface area (TPSA) is 62.3 Å². The molecule has 0 bridgehead atoms. The highest BCUT2D eigenvalue weighted by molar-refractivity contribution is 5.84. The van der Waals surface area contributed by atoms with E-state index in [-0.39, 0.29) is 0 Å². The molecule has 1 aliphatic rings. The number of aromatic nitrogens is 2. The number of aryl methyl sites for hydroxylation is 1. The zero-order chi connectivity index (χ0) is 14.4. The zero-order valence-electron chi connectivity index (χ0n) is 11.7. The number of fused-ring (bicyclic) bond motifs is 2. The lowest BCUT2D eigenvalue weighted by molar-refractivity contribution is 0.172. The van der Waals surface area contributed by atoms with Crippen molar-refractivity contribution in [3.05, 3.63) is 36.4 Å². The van der Waals surface area contributed by atoms with E-state index in [1.165, 1.54) is 0 Å². The van der Waals surface area contributed by atoms with Crippen molar-refractivity contribution in [2.75, 3.05) is 18.9 Å². The number of ether oxygens (including phenoxy) is 2. The maximum atomic E-state index is 5.74. The Morgan fingerprint density at radius 2 is 1.71 bits per heavy atom. The summed E-state index contributed by atoms with van der Waals surface area (Å²) in [6.07, 6.45) is 0. The van der Waals surface area contributed by atoms with Gasteiger partial charge in [-0.05, 0) is 24.3 Å². The first-order valence-electron chi connectivity index (χ1n) is 6.84. The van der Waals surface area contributed by atoms with Crippen LogP contribution < -0.4 is 15.2 Å². The number of rotatable bonds is 1. The van der Waals surface area contributed by atoms with E-state index in [1.807, 2.05) is 43.4 Å². The Labute approximate surface area is 121 Å². The van der Waals surface area contributed by atoms with E-state index in [0.29, 0.717) is 13.2 Å². The average Bonchev–Trinajstić information content (AvgIpc) is 2.82. The third kappa shape index (κ3) is 1.89. The molecule has 1 aromatic heterocycles. The van der Waals surface area contributed by atoms with Crippen molar-refractivity contribution in [2.24, 2.45) is 7.05 Å². The third-order valence-corrected chi connectivity index (χ3v) is 3.71. The highest BCUT2D eigenvalue weighted by atomic mass is 16.6. The Hall–Kier alpha value is -2.69. The van der Waals surface area contributed by atoms with Crippen molar-refractivity contribution in [1.82, 2.24) is 9.55 Å². The van der Waals surface area contributed by atoms with E-state index >= 15 is 0 Å². The summed E-state index contributed by atoms with van der Waals surface area (Å²) in [4.78, 5) is 4.71. The number of nitrogen functional groups attached to an aromatic ring is 1. The molecule has 1 aliphatic heterocycles. The maximum absolute atomic E-state index is 5.74. The molecule has 3 aromatic rings. The number of hydrogen-bond donors (Lipinski definition) is 1. The highest BCUT2D eigenvalue weighted by Crippen LogP contribution is 2.35. The molecule has 0 fully saturated rings. The summed E-state index contributed by atoms with van der Waals surface area (Å²) in [5.41, 5.74) is 9.43. The molecule has 106 valence electrons. The predicted molar refractivity (Wildman–Crippen MR) is 81.6 cm³/mol. The van der Waals surface area contributed by atoms with Crippen LogP contribution in [0, 0.1) is 0 Å². The zero-order valence-corrected chi connectivity index (χ0v) is 11.7. The summed E-state index contributed by atoms with van der Waals surface area (Å²) in [6, 6.07) is 11.6. The van der Waals surface area contributed by atoms with Gasteiger partial charge in [0.2, 0.25) is 0 Å². The van der Waals surface area contributed by atoms with Gasteiger partial charge in [0.1, 0.15) is 19.0 Å². The molecule has 0 saturated heterocycles. The summed E-state index contributed by atoms with van der Waals surface area (Å²) < 4.78 is 13.3. The Bertz CT molecular complexity index is 822. The number of imidazole rings is 1. The SMILES string of the molecule is Cn1c(-c2ccc(N)cc2)nc2cc3c(cc21)OCCO3. The molecule has 2 aromatic carbocycles. The third-order valence-electron chi connectivity index (χ3n) is 3.71. The molecule has 0 saturated carbocycles. The first-order valence-corrected chi connectivity index (χ1v) is 6.84. The Morgan fingerprint density at radius 1 is 1.05 bits per heavy atom. The van der Waals surface area contributed by atoms with Gasteiger partial charge in [0.15, 0.2) is 11.5 Å². The van der Waals surface area contributed by atoms with E-state index in [1.54, 1.807) is 0 Å². The molecule has 2 N–H and O–H groups in total. The second-order valence-electron chi connectivity index (χ2n) is 5.10. The Morgan fingerprint density at radius 3 is 2.43 bits per heavy atom. The van der Waals surface area contributed by atoms with Crippen LogP contribution in [0.15, 0.2) is 36.4 Å². The van der Waals surface area contributed by atoms with Crippen LogP contribution in [-0.2, 0) is 7.05 Å². The van der Waals surface area contributed by atoms with Crippen molar-refractivity contribution < 1.29 is 9.47 Å². The molecule has 4 rings (SSSR count). The molecule has 2 heterocycles. The summed E-state index contributed by atoms with van der Waals surface area (Å²) in [7, 11) is 2.00. The van der Waals surface area contributed by atoms with Crippen LogP contribution in [0.1, 0.15) is 0 Å². The fraction of sp³-hybridized carbons (Fsp3) is 0.188. The minimum atomic E-state index is 0.580. The van der Waals surface area contributed by atoms with Gasteiger partial charge in [-0.3, -0.25) is 0 Å². The summed E-state index contributed by atoms with van der Waals surface area (Å²) in [5, 5.41) is 0. The molecule has 0 aliphatic carbocycles.